The predicted molar refractivity (Wildman–Crippen MR) is 86.5 cm³/mol. The van der Waals surface area contributed by atoms with Crippen LogP contribution < -0.4 is 5.32 Å². The van der Waals surface area contributed by atoms with Crippen LogP contribution in [0.4, 0.5) is 5.69 Å². The maximum absolute atomic E-state index is 11.6. The Balaban J connectivity index is 2.09. The first-order chi connectivity index (χ1) is 10.6. The number of allylic oxidation sites excluding steroid dienone is 1. The van der Waals surface area contributed by atoms with E-state index in [1.54, 1.807) is 37.4 Å². The normalized spacial score (nSPS) is 10.9. The van der Waals surface area contributed by atoms with E-state index in [9.17, 15) is 10.1 Å². The molecule has 0 unspecified atom stereocenters. The van der Waals surface area contributed by atoms with Crippen molar-refractivity contribution in [1.29, 1.82) is 5.26 Å². The Morgan fingerprint density at radius 2 is 2.18 bits per heavy atom. The summed E-state index contributed by atoms with van der Waals surface area (Å²) in [5.41, 5.74) is 2.62. The first-order valence-corrected chi connectivity index (χ1v) is 7.58. The van der Waals surface area contributed by atoms with Gasteiger partial charge in [0.25, 0.3) is 0 Å². The summed E-state index contributed by atoms with van der Waals surface area (Å²) in [6.07, 6.45) is 1.61. The molecule has 1 aromatic heterocycles. The van der Waals surface area contributed by atoms with Gasteiger partial charge in [0.2, 0.25) is 0 Å². The number of thiazole rings is 1. The van der Waals surface area contributed by atoms with Crippen molar-refractivity contribution in [2.45, 2.75) is 13.8 Å². The number of hydrogen-bond acceptors (Lipinski definition) is 6. The molecule has 22 heavy (non-hydrogen) atoms. The third-order valence-corrected chi connectivity index (χ3v) is 3.74. The van der Waals surface area contributed by atoms with Gasteiger partial charge in [-0.3, -0.25) is 0 Å². The van der Waals surface area contributed by atoms with Crippen LogP contribution in [0.25, 0.3) is 5.57 Å². The van der Waals surface area contributed by atoms with E-state index in [1.807, 2.05) is 12.3 Å². The monoisotopic (exact) mass is 313 g/mol. The molecule has 0 saturated carbocycles. The summed E-state index contributed by atoms with van der Waals surface area (Å²) in [4.78, 5) is 15.8. The van der Waals surface area contributed by atoms with Crippen molar-refractivity contribution in [1.82, 2.24) is 4.98 Å². The van der Waals surface area contributed by atoms with Crippen LogP contribution in [-0.2, 0) is 4.74 Å². The van der Waals surface area contributed by atoms with Crippen LogP contribution in [-0.4, -0.2) is 17.6 Å². The van der Waals surface area contributed by atoms with Crippen LogP contribution in [0.15, 0.2) is 35.8 Å². The Morgan fingerprint density at radius 3 is 2.73 bits per heavy atom. The topological polar surface area (TPSA) is 75.0 Å². The van der Waals surface area contributed by atoms with Crippen LogP contribution in [0.3, 0.4) is 0 Å². The molecular weight excluding hydrogens is 298 g/mol. The fourth-order valence-electron chi connectivity index (χ4n) is 1.69. The molecule has 6 heteroatoms. The summed E-state index contributed by atoms with van der Waals surface area (Å²) in [6, 6.07) is 8.98. The molecule has 2 rings (SSSR count). The maximum Gasteiger partial charge on any atom is 0.338 e. The Kier molecular flexibility index (Phi) is 5.28. The average Bonchev–Trinajstić information content (AvgIpc) is 2.95. The van der Waals surface area contributed by atoms with Gasteiger partial charge in [-0.25, -0.2) is 9.78 Å². The number of esters is 1. The van der Waals surface area contributed by atoms with Gasteiger partial charge in [0, 0.05) is 23.0 Å². The summed E-state index contributed by atoms with van der Waals surface area (Å²) >= 11 is 1.43. The molecule has 0 aliphatic heterocycles. The van der Waals surface area contributed by atoms with E-state index in [1.165, 1.54) is 11.3 Å². The molecule has 0 atom stereocenters. The van der Waals surface area contributed by atoms with Gasteiger partial charge >= 0.3 is 5.97 Å². The van der Waals surface area contributed by atoms with Crippen LogP contribution >= 0.6 is 11.3 Å². The van der Waals surface area contributed by atoms with Crippen LogP contribution in [0, 0.1) is 18.3 Å². The summed E-state index contributed by atoms with van der Waals surface area (Å²) in [7, 11) is 0. The van der Waals surface area contributed by atoms with Gasteiger partial charge in [0.05, 0.1) is 12.2 Å². The van der Waals surface area contributed by atoms with Gasteiger partial charge in [-0.2, -0.15) is 5.26 Å². The standard InChI is InChI=1S/C16H15N3O2S/c1-3-21-16(20)12-4-6-14(7-5-12)18-9-13(8-17)15-19-11(2)10-22-15/h4-7,9-10,18H,3H2,1-2H3/b13-9+. The van der Waals surface area contributed by atoms with Crippen molar-refractivity contribution in [3.05, 3.63) is 52.1 Å². The van der Waals surface area contributed by atoms with Gasteiger partial charge in [0.15, 0.2) is 0 Å². The van der Waals surface area contributed by atoms with Crippen LogP contribution in [0.2, 0.25) is 0 Å². The lowest BCUT2D eigenvalue weighted by Crippen LogP contribution is -2.04. The number of nitriles is 1. The fraction of sp³-hybridized carbons (Fsp3) is 0.188. The SMILES string of the molecule is CCOC(=O)c1ccc(N/C=C(\C#N)c2nc(C)cs2)cc1. The molecule has 0 radical (unpaired) electrons. The number of nitrogens with one attached hydrogen (secondary N) is 1. The molecule has 0 aliphatic carbocycles. The first kappa shape index (κ1) is 15.7. The lowest BCUT2D eigenvalue weighted by Gasteiger charge is -2.04. The highest BCUT2D eigenvalue weighted by atomic mass is 32.1. The number of aromatic nitrogens is 1. The van der Waals surface area contributed by atoms with Gasteiger partial charge in [-0.05, 0) is 38.1 Å². The van der Waals surface area contributed by atoms with E-state index in [0.717, 1.165) is 11.4 Å². The smallest absolute Gasteiger partial charge is 0.338 e. The van der Waals surface area contributed by atoms with Crippen molar-refractivity contribution in [3.63, 3.8) is 0 Å². The van der Waals surface area contributed by atoms with Crippen molar-refractivity contribution in [3.8, 4) is 6.07 Å². The molecule has 1 aromatic carbocycles. The summed E-state index contributed by atoms with van der Waals surface area (Å²) in [5, 5.41) is 14.8. The van der Waals surface area contributed by atoms with Crippen molar-refractivity contribution in [2.75, 3.05) is 11.9 Å². The minimum Gasteiger partial charge on any atom is -0.462 e. The number of benzene rings is 1. The highest BCUT2D eigenvalue weighted by Crippen LogP contribution is 2.19. The molecule has 0 bridgehead atoms. The minimum atomic E-state index is -0.347. The number of nitrogens with zero attached hydrogens (tertiary/aromatic N) is 2. The molecule has 1 heterocycles. The molecule has 0 saturated heterocycles. The second-order valence-electron chi connectivity index (χ2n) is 4.41. The Bertz CT molecular complexity index is 727. The second kappa shape index (κ2) is 7.38. The zero-order chi connectivity index (χ0) is 15.9. The van der Waals surface area contributed by atoms with Gasteiger partial charge in [-0.1, -0.05) is 0 Å². The van der Waals surface area contributed by atoms with Crippen LogP contribution in [0.1, 0.15) is 28.0 Å². The Labute approximate surface area is 132 Å². The maximum atomic E-state index is 11.6. The van der Waals surface area contributed by atoms with Crippen molar-refractivity contribution >= 4 is 28.6 Å². The predicted octanol–water partition coefficient (Wildman–Crippen LogP) is 3.60. The van der Waals surface area contributed by atoms with E-state index in [0.29, 0.717) is 22.8 Å². The van der Waals surface area contributed by atoms with E-state index in [-0.39, 0.29) is 5.97 Å². The molecule has 0 spiro atoms. The van der Waals surface area contributed by atoms with Crippen LogP contribution in [0.5, 0.6) is 0 Å². The average molecular weight is 313 g/mol. The van der Waals surface area contributed by atoms with Gasteiger partial charge in [-0.15, -0.1) is 11.3 Å². The van der Waals surface area contributed by atoms with Crippen molar-refractivity contribution in [2.24, 2.45) is 0 Å². The number of carbonyl (C=O) groups is 1. The first-order valence-electron chi connectivity index (χ1n) is 6.70. The number of ether oxygens (including phenoxy) is 1. The van der Waals surface area contributed by atoms with E-state index in [4.69, 9.17) is 4.74 Å². The highest BCUT2D eigenvalue weighted by Gasteiger charge is 2.07. The molecular formula is C16H15N3O2S. The largest absolute Gasteiger partial charge is 0.462 e. The Hall–Kier alpha value is -2.65. The quantitative estimate of drug-likeness (QED) is 0.674. The molecule has 2 aromatic rings. The minimum absolute atomic E-state index is 0.347. The molecule has 112 valence electrons. The third-order valence-electron chi connectivity index (χ3n) is 2.75. The second-order valence-corrected chi connectivity index (χ2v) is 5.26. The van der Waals surface area contributed by atoms with Gasteiger partial charge in [0.1, 0.15) is 16.6 Å². The number of anilines is 1. The van der Waals surface area contributed by atoms with Gasteiger partial charge < -0.3 is 10.1 Å². The third kappa shape index (κ3) is 3.93. The van der Waals surface area contributed by atoms with E-state index < -0.39 is 0 Å². The summed E-state index contributed by atoms with van der Waals surface area (Å²) in [6.45, 7) is 4.00. The number of hydrogen-bond donors (Lipinski definition) is 1. The van der Waals surface area contributed by atoms with E-state index >= 15 is 0 Å². The lowest BCUT2D eigenvalue weighted by atomic mass is 10.2. The number of aryl methyl sites for hydroxylation is 1. The molecule has 0 fully saturated rings. The molecule has 0 amide bonds. The molecule has 5 nitrogen and oxygen atoms in total. The van der Waals surface area contributed by atoms with Crippen molar-refractivity contribution < 1.29 is 9.53 Å². The number of carbonyl (C=O) groups excluding carboxylic acids is 1. The summed E-state index contributed by atoms with van der Waals surface area (Å²) < 4.78 is 4.92. The summed E-state index contributed by atoms with van der Waals surface area (Å²) in [5.74, 6) is -0.347. The zero-order valence-corrected chi connectivity index (χ0v) is 13.1. The fourth-order valence-corrected chi connectivity index (χ4v) is 2.46. The highest BCUT2D eigenvalue weighted by molar-refractivity contribution is 7.10. The van der Waals surface area contributed by atoms with E-state index in [2.05, 4.69) is 16.4 Å². The number of rotatable bonds is 5. The molecule has 0 aliphatic rings. The lowest BCUT2D eigenvalue weighted by molar-refractivity contribution is 0.0526. The Morgan fingerprint density at radius 1 is 1.45 bits per heavy atom. The zero-order valence-electron chi connectivity index (χ0n) is 12.3. The molecule has 1 N–H and O–H groups in total.